The van der Waals surface area contributed by atoms with Crippen molar-refractivity contribution in [3.63, 3.8) is 0 Å². The van der Waals surface area contributed by atoms with Crippen LogP contribution in [0.5, 0.6) is 0 Å². The van der Waals surface area contributed by atoms with E-state index >= 15 is 0 Å². The highest BCUT2D eigenvalue weighted by atomic mass is 35.5. The Morgan fingerprint density at radius 1 is 1.24 bits per heavy atom. The minimum absolute atomic E-state index is 0.00800. The van der Waals surface area contributed by atoms with Crippen LogP contribution in [0.2, 0.25) is 5.02 Å². The fourth-order valence-electron chi connectivity index (χ4n) is 1.98. The highest BCUT2D eigenvalue weighted by Gasteiger charge is 2.15. The first-order valence-corrected chi connectivity index (χ1v) is 7.61. The van der Waals surface area contributed by atoms with Gasteiger partial charge in [0.05, 0.1) is 6.54 Å². The summed E-state index contributed by atoms with van der Waals surface area (Å²) in [6.45, 7) is 6.33. The number of halogens is 1. The van der Waals surface area contributed by atoms with Gasteiger partial charge in [0.1, 0.15) is 0 Å². The summed E-state index contributed by atoms with van der Waals surface area (Å²) in [7, 11) is 0. The van der Waals surface area contributed by atoms with Crippen LogP contribution in [0, 0.1) is 0 Å². The molecule has 0 aromatic heterocycles. The molecule has 1 rings (SSSR count). The molecule has 0 aliphatic carbocycles. The normalized spacial score (nSPS) is 10.5. The van der Waals surface area contributed by atoms with E-state index in [0.29, 0.717) is 24.4 Å². The topological polar surface area (TPSA) is 49.4 Å². The summed E-state index contributed by atoms with van der Waals surface area (Å²) in [4.78, 5) is 25.5. The van der Waals surface area contributed by atoms with Crippen LogP contribution in [0.25, 0.3) is 0 Å². The van der Waals surface area contributed by atoms with Gasteiger partial charge in [-0.3, -0.25) is 9.59 Å². The summed E-state index contributed by atoms with van der Waals surface area (Å²) in [5.74, 6) is -0.127. The molecule has 116 valence electrons. The van der Waals surface area contributed by atoms with Gasteiger partial charge >= 0.3 is 0 Å². The summed E-state index contributed by atoms with van der Waals surface area (Å²) in [5.41, 5.74) is 1.07. The number of carbonyl (C=O) groups is 2. The minimum Gasteiger partial charge on any atom is -0.352 e. The Kier molecular flexibility index (Phi) is 7.23. The number of nitrogens with one attached hydrogen (secondary N) is 1. The van der Waals surface area contributed by atoms with Crippen molar-refractivity contribution < 1.29 is 9.59 Å². The Labute approximate surface area is 131 Å². The molecule has 0 heterocycles. The average molecular weight is 311 g/mol. The van der Waals surface area contributed by atoms with Crippen molar-refractivity contribution in [3.05, 3.63) is 34.9 Å². The van der Waals surface area contributed by atoms with Crippen molar-refractivity contribution in [2.45, 2.75) is 39.7 Å². The Balaban J connectivity index is 2.47. The zero-order chi connectivity index (χ0) is 15.8. The quantitative estimate of drug-likeness (QED) is 0.841. The second kappa shape index (κ2) is 8.67. The summed E-state index contributed by atoms with van der Waals surface area (Å²) in [5, 5.41) is 3.48. The Morgan fingerprint density at radius 3 is 2.38 bits per heavy atom. The van der Waals surface area contributed by atoms with Crippen LogP contribution in [0.15, 0.2) is 24.3 Å². The van der Waals surface area contributed by atoms with Crippen molar-refractivity contribution >= 4 is 23.4 Å². The lowest BCUT2D eigenvalue weighted by Crippen LogP contribution is -2.42. The van der Waals surface area contributed by atoms with Crippen molar-refractivity contribution in [1.29, 1.82) is 0 Å². The van der Waals surface area contributed by atoms with Crippen molar-refractivity contribution in [3.8, 4) is 0 Å². The highest BCUT2D eigenvalue weighted by molar-refractivity contribution is 6.30. The second-order valence-electron chi connectivity index (χ2n) is 5.26. The van der Waals surface area contributed by atoms with Gasteiger partial charge in [0.2, 0.25) is 11.8 Å². The molecule has 21 heavy (non-hydrogen) atoms. The SMILES string of the molecule is CCN(CC(=O)NC(C)C)C(=O)CCc1ccc(Cl)cc1. The van der Waals surface area contributed by atoms with E-state index in [-0.39, 0.29) is 24.4 Å². The number of amides is 2. The predicted octanol–water partition coefficient (Wildman–Crippen LogP) is 2.65. The lowest BCUT2D eigenvalue weighted by molar-refractivity contribution is -0.136. The van der Waals surface area contributed by atoms with Gasteiger partial charge in [-0.15, -0.1) is 0 Å². The van der Waals surface area contributed by atoms with Crippen LogP contribution in [0.3, 0.4) is 0 Å². The maximum atomic E-state index is 12.2. The maximum absolute atomic E-state index is 12.2. The molecule has 1 aromatic rings. The number of benzene rings is 1. The molecule has 2 amide bonds. The molecule has 0 aliphatic rings. The molecule has 0 fully saturated rings. The van der Waals surface area contributed by atoms with Gasteiger partial charge in [-0.05, 0) is 44.9 Å². The highest BCUT2D eigenvalue weighted by Crippen LogP contribution is 2.11. The number of hydrogen-bond acceptors (Lipinski definition) is 2. The summed E-state index contributed by atoms with van der Waals surface area (Å²) >= 11 is 5.83. The zero-order valence-electron chi connectivity index (χ0n) is 12.9. The van der Waals surface area contributed by atoms with Crippen molar-refractivity contribution in [1.82, 2.24) is 10.2 Å². The van der Waals surface area contributed by atoms with Gasteiger partial charge in [-0.2, -0.15) is 0 Å². The molecule has 0 unspecified atom stereocenters. The van der Waals surface area contributed by atoms with Gasteiger partial charge in [0, 0.05) is 24.0 Å². The third-order valence-electron chi connectivity index (χ3n) is 3.06. The fraction of sp³-hybridized carbons (Fsp3) is 0.500. The molecular weight excluding hydrogens is 288 g/mol. The first kappa shape index (κ1) is 17.5. The molecule has 5 heteroatoms. The molecule has 1 N–H and O–H groups in total. The lowest BCUT2D eigenvalue weighted by atomic mass is 10.1. The van der Waals surface area contributed by atoms with E-state index in [1.807, 2.05) is 45.0 Å². The smallest absolute Gasteiger partial charge is 0.239 e. The molecular formula is C16H23ClN2O2. The fourth-order valence-corrected chi connectivity index (χ4v) is 2.10. The number of likely N-dealkylation sites (N-methyl/N-ethyl adjacent to an activating group) is 1. The Bertz CT molecular complexity index is 472. The van der Waals surface area contributed by atoms with Crippen LogP contribution in [0.4, 0.5) is 0 Å². The van der Waals surface area contributed by atoms with Gasteiger partial charge < -0.3 is 10.2 Å². The van der Waals surface area contributed by atoms with Gasteiger partial charge in [-0.1, -0.05) is 23.7 Å². The zero-order valence-corrected chi connectivity index (χ0v) is 13.6. The molecule has 0 radical (unpaired) electrons. The van der Waals surface area contributed by atoms with Crippen LogP contribution < -0.4 is 5.32 Å². The van der Waals surface area contributed by atoms with Crippen LogP contribution >= 0.6 is 11.6 Å². The van der Waals surface area contributed by atoms with Crippen LogP contribution in [-0.4, -0.2) is 35.8 Å². The van der Waals surface area contributed by atoms with E-state index in [0.717, 1.165) is 5.56 Å². The maximum Gasteiger partial charge on any atom is 0.239 e. The van der Waals surface area contributed by atoms with Crippen LogP contribution in [-0.2, 0) is 16.0 Å². The van der Waals surface area contributed by atoms with E-state index in [1.165, 1.54) is 0 Å². The Hall–Kier alpha value is -1.55. The third kappa shape index (κ3) is 6.63. The molecule has 0 aliphatic heterocycles. The minimum atomic E-state index is -0.119. The van der Waals surface area contributed by atoms with Gasteiger partial charge in [-0.25, -0.2) is 0 Å². The Morgan fingerprint density at radius 2 is 1.86 bits per heavy atom. The van der Waals surface area contributed by atoms with Crippen LogP contribution in [0.1, 0.15) is 32.8 Å². The summed E-state index contributed by atoms with van der Waals surface area (Å²) in [6.07, 6.45) is 1.04. The first-order valence-electron chi connectivity index (χ1n) is 7.24. The molecule has 4 nitrogen and oxygen atoms in total. The predicted molar refractivity (Wildman–Crippen MR) is 85.3 cm³/mol. The third-order valence-corrected chi connectivity index (χ3v) is 3.31. The first-order chi connectivity index (χ1) is 9.92. The standard InChI is InChI=1S/C16H23ClN2O2/c1-4-19(11-15(20)18-12(2)3)16(21)10-7-13-5-8-14(17)9-6-13/h5-6,8-9,12H,4,7,10-11H2,1-3H3,(H,18,20). The molecule has 0 spiro atoms. The number of rotatable bonds is 7. The molecule has 0 saturated heterocycles. The molecule has 0 bridgehead atoms. The van der Waals surface area contributed by atoms with Gasteiger partial charge in [0.25, 0.3) is 0 Å². The van der Waals surface area contributed by atoms with Gasteiger partial charge in [0.15, 0.2) is 0 Å². The average Bonchev–Trinajstić information content (AvgIpc) is 2.43. The summed E-state index contributed by atoms with van der Waals surface area (Å²) < 4.78 is 0. The number of nitrogens with zero attached hydrogens (tertiary/aromatic N) is 1. The summed E-state index contributed by atoms with van der Waals surface area (Å²) in [6, 6.07) is 7.54. The van der Waals surface area contributed by atoms with Crippen molar-refractivity contribution in [2.24, 2.45) is 0 Å². The molecule has 0 saturated carbocycles. The van der Waals surface area contributed by atoms with E-state index in [4.69, 9.17) is 11.6 Å². The number of carbonyl (C=O) groups excluding carboxylic acids is 2. The number of hydrogen-bond donors (Lipinski definition) is 1. The van der Waals surface area contributed by atoms with E-state index in [9.17, 15) is 9.59 Å². The number of aryl methyl sites for hydroxylation is 1. The monoisotopic (exact) mass is 310 g/mol. The van der Waals surface area contributed by atoms with Crippen molar-refractivity contribution in [2.75, 3.05) is 13.1 Å². The molecule has 1 aromatic carbocycles. The largest absolute Gasteiger partial charge is 0.352 e. The van der Waals surface area contributed by atoms with E-state index in [1.54, 1.807) is 4.90 Å². The second-order valence-corrected chi connectivity index (χ2v) is 5.69. The van der Waals surface area contributed by atoms with E-state index < -0.39 is 0 Å². The lowest BCUT2D eigenvalue weighted by Gasteiger charge is -2.21. The molecule has 0 atom stereocenters. The van der Waals surface area contributed by atoms with E-state index in [2.05, 4.69) is 5.32 Å².